The molecule has 0 radical (unpaired) electrons. The standard InChI is InChI=1S/C41H41NO13/c1-17-13-20-14-24(43)30-31(27(20)34(47)26(17)41(51)54-12-8-11-19-9-6-5-7-10-19)33(46)22-15-21-28(35(48)29(22)36(30)49)25(44)16-23(32(21)45)42-40-39(53-4)37(50)38(52-3)18(2)55-40/h5-7,9-10,13,15-16,18,24,30-31,37-40,42-43,47-48,50H,8,11-12,14H2,1-4H3/t18-,24+,30?,31?,37+,38-,39+,40-/m0/s1. The van der Waals surface area contributed by atoms with Crippen LogP contribution in [0.4, 0.5) is 0 Å². The van der Waals surface area contributed by atoms with Crippen LogP contribution in [0.25, 0.3) is 0 Å². The van der Waals surface area contributed by atoms with Gasteiger partial charge in [0.15, 0.2) is 23.6 Å². The summed E-state index contributed by atoms with van der Waals surface area (Å²) in [6.45, 7) is 3.28. The number of nitrogens with one attached hydrogen (secondary N) is 1. The summed E-state index contributed by atoms with van der Waals surface area (Å²) in [7, 11) is 2.72. The number of fused-ring (bicyclic) bond motifs is 5. The molecule has 5 N–H and O–H groups in total. The number of Topliss-reactive ketones (excluding diaryl/α,β-unsaturated/α-hetero) is 3. The summed E-state index contributed by atoms with van der Waals surface area (Å²) in [5.41, 5.74) is -0.591. The fraction of sp³-hybridized carbons (Fsp3) is 0.390. The number of aliphatic hydroxyl groups excluding tert-OH is 2. The van der Waals surface area contributed by atoms with Crippen molar-refractivity contribution >= 4 is 29.1 Å². The Labute approximate surface area is 315 Å². The van der Waals surface area contributed by atoms with Gasteiger partial charge in [0.25, 0.3) is 0 Å². The number of carbonyl (C=O) groups is 5. The molecule has 0 bridgehead atoms. The molecule has 7 rings (SSSR count). The fourth-order valence-corrected chi connectivity index (χ4v) is 8.48. The number of phenolic OH excluding ortho intramolecular Hbond substituents is 2. The van der Waals surface area contributed by atoms with E-state index < -0.39 is 106 Å². The fourth-order valence-electron chi connectivity index (χ4n) is 8.48. The molecule has 14 nitrogen and oxygen atoms in total. The first-order valence-electron chi connectivity index (χ1n) is 18.0. The van der Waals surface area contributed by atoms with Gasteiger partial charge in [-0.25, -0.2) is 4.79 Å². The number of phenols is 2. The Kier molecular flexibility index (Phi) is 10.2. The van der Waals surface area contributed by atoms with Gasteiger partial charge in [0, 0.05) is 37.0 Å². The van der Waals surface area contributed by atoms with Crippen LogP contribution >= 0.6 is 0 Å². The average Bonchev–Trinajstić information content (AvgIpc) is 3.14. The van der Waals surface area contributed by atoms with E-state index in [9.17, 15) is 44.4 Å². The highest BCUT2D eigenvalue weighted by atomic mass is 16.6. The second-order valence-corrected chi connectivity index (χ2v) is 14.3. The topological polar surface area (TPSA) is 215 Å². The summed E-state index contributed by atoms with van der Waals surface area (Å²) in [5, 5.41) is 48.0. The third-order valence-electron chi connectivity index (χ3n) is 11.1. The minimum Gasteiger partial charge on any atom is -0.507 e. The molecular formula is C41H41NO13. The molecular weight excluding hydrogens is 714 g/mol. The van der Waals surface area contributed by atoms with E-state index in [0.717, 1.165) is 17.7 Å². The molecule has 2 unspecified atom stereocenters. The van der Waals surface area contributed by atoms with E-state index in [4.69, 9.17) is 18.9 Å². The third-order valence-corrected chi connectivity index (χ3v) is 11.1. The molecule has 288 valence electrons. The van der Waals surface area contributed by atoms with Crippen molar-refractivity contribution in [3.63, 3.8) is 0 Å². The van der Waals surface area contributed by atoms with Gasteiger partial charge in [0.1, 0.15) is 35.4 Å². The molecule has 4 aliphatic rings. The number of ketones is 4. The quantitative estimate of drug-likeness (QED) is 0.157. The molecule has 1 heterocycles. The molecule has 0 aromatic heterocycles. The van der Waals surface area contributed by atoms with Gasteiger partial charge in [-0.2, -0.15) is 0 Å². The zero-order valence-corrected chi connectivity index (χ0v) is 30.5. The number of benzene rings is 3. The van der Waals surface area contributed by atoms with Crippen LogP contribution < -0.4 is 5.32 Å². The Morgan fingerprint density at radius 1 is 0.927 bits per heavy atom. The van der Waals surface area contributed by atoms with Gasteiger partial charge >= 0.3 is 5.97 Å². The number of ether oxygens (including phenoxy) is 4. The number of esters is 1. The lowest BCUT2D eigenvalue weighted by Crippen LogP contribution is -2.62. The summed E-state index contributed by atoms with van der Waals surface area (Å²) in [4.78, 5) is 69.5. The maximum atomic E-state index is 14.5. The van der Waals surface area contributed by atoms with Crippen LogP contribution in [0.5, 0.6) is 11.5 Å². The maximum Gasteiger partial charge on any atom is 0.342 e. The number of carbonyl (C=O) groups excluding carboxylic acids is 5. The Balaban J connectivity index is 1.21. The number of aryl methyl sites for hydroxylation is 2. The second-order valence-electron chi connectivity index (χ2n) is 14.3. The lowest BCUT2D eigenvalue weighted by Gasteiger charge is -2.43. The van der Waals surface area contributed by atoms with Crippen molar-refractivity contribution in [2.45, 2.75) is 75.8 Å². The predicted molar refractivity (Wildman–Crippen MR) is 192 cm³/mol. The maximum absolute atomic E-state index is 14.5. The van der Waals surface area contributed by atoms with Crippen LogP contribution in [0.1, 0.15) is 93.3 Å². The van der Waals surface area contributed by atoms with Gasteiger partial charge < -0.3 is 44.7 Å². The number of hydrogen-bond acceptors (Lipinski definition) is 14. The van der Waals surface area contributed by atoms with Crippen LogP contribution in [0.3, 0.4) is 0 Å². The average molecular weight is 756 g/mol. The van der Waals surface area contributed by atoms with Gasteiger partial charge in [0.2, 0.25) is 5.78 Å². The molecule has 1 fully saturated rings. The number of rotatable bonds is 9. The van der Waals surface area contributed by atoms with Crippen LogP contribution in [0.15, 0.2) is 54.2 Å². The summed E-state index contributed by atoms with van der Waals surface area (Å²) < 4.78 is 22.2. The normalized spacial score (nSPS) is 27.1. The first-order valence-corrected chi connectivity index (χ1v) is 18.0. The molecule has 3 aromatic rings. The van der Waals surface area contributed by atoms with E-state index in [-0.39, 0.29) is 35.4 Å². The highest BCUT2D eigenvalue weighted by molar-refractivity contribution is 6.29. The van der Waals surface area contributed by atoms with Crippen molar-refractivity contribution in [3.8, 4) is 11.5 Å². The Morgan fingerprint density at radius 2 is 1.64 bits per heavy atom. The van der Waals surface area contributed by atoms with E-state index in [1.807, 2.05) is 30.3 Å². The van der Waals surface area contributed by atoms with Crippen molar-refractivity contribution in [2.75, 3.05) is 20.8 Å². The van der Waals surface area contributed by atoms with Gasteiger partial charge in [-0.15, -0.1) is 0 Å². The summed E-state index contributed by atoms with van der Waals surface area (Å²) in [5.74, 6) is -8.65. The lowest BCUT2D eigenvalue weighted by atomic mass is 9.62. The molecule has 0 saturated carbocycles. The minimum atomic E-state index is -1.50. The first kappa shape index (κ1) is 38.0. The number of aromatic hydroxyl groups is 2. The Morgan fingerprint density at radius 3 is 2.33 bits per heavy atom. The number of aliphatic hydroxyl groups is 2. The molecule has 3 aliphatic carbocycles. The molecule has 14 heteroatoms. The van der Waals surface area contributed by atoms with E-state index >= 15 is 0 Å². The van der Waals surface area contributed by atoms with Crippen molar-refractivity contribution in [1.82, 2.24) is 5.32 Å². The van der Waals surface area contributed by atoms with Gasteiger partial charge in [-0.1, -0.05) is 36.4 Å². The molecule has 0 spiro atoms. The van der Waals surface area contributed by atoms with Crippen LogP contribution in [-0.2, 0) is 31.8 Å². The second kappa shape index (κ2) is 14.8. The zero-order chi connectivity index (χ0) is 39.5. The lowest BCUT2D eigenvalue weighted by molar-refractivity contribution is -0.236. The number of methoxy groups -OCH3 is 2. The predicted octanol–water partition coefficient (Wildman–Crippen LogP) is 2.88. The van der Waals surface area contributed by atoms with Gasteiger partial charge in [0.05, 0.1) is 47.5 Å². The van der Waals surface area contributed by atoms with E-state index in [1.54, 1.807) is 19.9 Å². The van der Waals surface area contributed by atoms with Crippen molar-refractivity contribution in [2.24, 2.45) is 5.92 Å². The van der Waals surface area contributed by atoms with Crippen molar-refractivity contribution in [1.29, 1.82) is 0 Å². The summed E-state index contributed by atoms with van der Waals surface area (Å²) >= 11 is 0. The molecule has 3 aromatic carbocycles. The van der Waals surface area contributed by atoms with Gasteiger partial charge in [-0.3, -0.25) is 19.2 Å². The highest BCUT2D eigenvalue weighted by Gasteiger charge is 2.53. The smallest absolute Gasteiger partial charge is 0.342 e. The Hall–Kier alpha value is -5.25. The largest absolute Gasteiger partial charge is 0.507 e. The van der Waals surface area contributed by atoms with Crippen LogP contribution in [0.2, 0.25) is 0 Å². The SMILES string of the molecule is CO[C@@H]1[C@@H](O)[C@@H](OC)[C@@H](NC2=CC(=O)c3c(cc4c(c3O)C(=O)C3C(C4=O)c4c(cc(C)c(C(=O)OCCCc5ccccc5)c4O)C[C@H]3O)C2=O)O[C@H]1C. The number of hydrogen-bond donors (Lipinski definition) is 5. The highest BCUT2D eigenvalue weighted by Crippen LogP contribution is 2.51. The number of allylic oxidation sites excluding steroid dienone is 2. The monoisotopic (exact) mass is 755 g/mol. The summed E-state index contributed by atoms with van der Waals surface area (Å²) in [6, 6.07) is 12.2. The summed E-state index contributed by atoms with van der Waals surface area (Å²) in [6.07, 6.45) is -4.26. The van der Waals surface area contributed by atoms with Crippen LogP contribution in [0, 0.1) is 12.8 Å². The zero-order valence-electron chi connectivity index (χ0n) is 30.5. The van der Waals surface area contributed by atoms with Crippen molar-refractivity contribution < 1.29 is 63.3 Å². The van der Waals surface area contributed by atoms with E-state index in [1.165, 1.54) is 14.2 Å². The van der Waals surface area contributed by atoms with Crippen LogP contribution in [-0.4, -0.2) is 107 Å². The van der Waals surface area contributed by atoms with Crippen molar-refractivity contribution in [3.05, 3.63) is 104 Å². The van der Waals surface area contributed by atoms with E-state index in [0.29, 0.717) is 24.0 Å². The first-order chi connectivity index (χ1) is 26.3. The molecule has 0 amide bonds. The van der Waals surface area contributed by atoms with Gasteiger partial charge in [-0.05, 0) is 55.9 Å². The minimum absolute atomic E-state index is 0.0369. The molecule has 55 heavy (non-hydrogen) atoms. The molecule has 8 atom stereocenters. The Bertz CT molecular complexity index is 2140. The molecule has 1 saturated heterocycles. The molecule has 1 aliphatic heterocycles. The third kappa shape index (κ3) is 6.33. The van der Waals surface area contributed by atoms with E-state index in [2.05, 4.69) is 5.32 Å².